The van der Waals surface area contributed by atoms with Crippen molar-refractivity contribution in [3.8, 4) is 11.3 Å². The second kappa shape index (κ2) is 8.21. The minimum Gasteiger partial charge on any atom is -0.381 e. The van der Waals surface area contributed by atoms with E-state index >= 15 is 0 Å². The van der Waals surface area contributed by atoms with Gasteiger partial charge >= 0.3 is 6.18 Å². The minimum atomic E-state index is -4.48. The van der Waals surface area contributed by atoms with Gasteiger partial charge < -0.3 is 10.6 Å². The Kier molecular flexibility index (Phi) is 5.35. The number of rotatable bonds is 3. The zero-order chi connectivity index (χ0) is 23.2. The summed E-state index contributed by atoms with van der Waals surface area (Å²) < 4.78 is 55.2. The molecule has 0 bridgehead atoms. The van der Waals surface area contributed by atoms with Crippen LogP contribution in [0.25, 0.3) is 17.0 Å². The van der Waals surface area contributed by atoms with E-state index in [1.807, 2.05) is 6.92 Å². The van der Waals surface area contributed by atoms with Crippen LogP contribution in [-0.4, -0.2) is 11.5 Å². The maximum atomic E-state index is 14.1. The summed E-state index contributed by atoms with van der Waals surface area (Å²) in [6, 6.07) is 11.8. The average molecular weight is 453 g/mol. The lowest BCUT2D eigenvalue weighted by Gasteiger charge is -2.27. The number of nitrogens with zero attached hydrogens (tertiary/aromatic N) is 1. The SMILES string of the molecule is CC1=C(Nc2cc(-c3ccccc3C(F)(F)F)nc3c2CCCC3)c2cc(F)ccc2NC1. The highest BCUT2D eigenvalue weighted by molar-refractivity contribution is 5.89. The third kappa shape index (κ3) is 4.08. The summed E-state index contributed by atoms with van der Waals surface area (Å²) in [5.74, 6) is -0.346. The molecule has 2 aliphatic rings. The second-order valence-electron chi connectivity index (χ2n) is 8.55. The molecule has 5 rings (SSSR count). The first-order valence-electron chi connectivity index (χ1n) is 11.0. The van der Waals surface area contributed by atoms with E-state index < -0.39 is 11.7 Å². The number of benzene rings is 2. The Hall–Kier alpha value is -3.35. The highest BCUT2D eigenvalue weighted by Crippen LogP contribution is 2.40. The van der Waals surface area contributed by atoms with E-state index in [4.69, 9.17) is 0 Å². The van der Waals surface area contributed by atoms with Crippen molar-refractivity contribution in [1.29, 1.82) is 0 Å². The van der Waals surface area contributed by atoms with Gasteiger partial charge in [-0.15, -0.1) is 0 Å². The van der Waals surface area contributed by atoms with E-state index in [1.54, 1.807) is 18.2 Å². The first-order valence-corrected chi connectivity index (χ1v) is 11.0. The first kappa shape index (κ1) is 21.5. The van der Waals surface area contributed by atoms with Crippen molar-refractivity contribution in [2.24, 2.45) is 0 Å². The van der Waals surface area contributed by atoms with Crippen molar-refractivity contribution in [3.05, 3.63) is 82.3 Å². The molecule has 7 heteroatoms. The van der Waals surface area contributed by atoms with Gasteiger partial charge in [-0.05, 0) is 74.1 Å². The molecule has 0 radical (unpaired) electrons. The molecule has 1 aliphatic heterocycles. The summed E-state index contributed by atoms with van der Waals surface area (Å²) in [4.78, 5) is 4.66. The quantitative estimate of drug-likeness (QED) is 0.417. The van der Waals surface area contributed by atoms with Crippen LogP contribution in [0.3, 0.4) is 0 Å². The third-order valence-electron chi connectivity index (χ3n) is 6.29. The standard InChI is InChI=1S/C26H23F4N3/c1-15-14-31-21-11-10-16(27)12-19(21)25(15)33-24-13-23(32-22-9-5-3-7-18(22)24)17-6-2-4-8-20(17)26(28,29)30/h2,4,6,8,10-13,31H,3,5,7,9,14H2,1H3,(H,32,33). The summed E-state index contributed by atoms with van der Waals surface area (Å²) in [5, 5.41) is 6.74. The largest absolute Gasteiger partial charge is 0.417 e. The number of nitrogens with one attached hydrogen (secondary N) is 2. The summed E-state index contributed by atoms with van der Waals surface area (Å²) in [6.45, 7) is 2.55. The fourth-order valence-corrected chi connectivity index (χ4v) is 4.64. The van der Waals surface area contributed by atoms with Gasteiger partial charge in [-0.2, -0.15) is 13.2 Å². The van der Waals surface area contributed by atoms with Crippen LogP contribution in [-0.2, 0) is 19.0 Å². The molecule has 2 aromatic carbocycles. The van der Waals surface area contributed by atoms with Crippen molar-refractivity contribution in [1.82, 2.24) is 4.98 Å². The van der Waals surface area contributed by atoms with Crippen molar-refractivity contribution in [2.45, 2.75) is 38.8 Å². The molecule has 3 nitrogen and oxygen atoms in total. The molecular formula is C26H23F4N3. The lowest BCUT2D eigenvalue weighted by atomic mass is 9.92. The minimum absolute atomic E-state index is 0.0591. The number of aromatic nitrogens is 1. The zero-order valence-corrected chi connectivity index (χ0v) is 18.1. The van der Waals surface area contributed by atoms with Crippen LogP contribution in [0.4, 0.5) is 28.9 Å². The van der Waals surface area contributed by atoms with Crippen LogP contribution in [0.1, 0.15) is 42.1 Å². The van der Waals surface area contributed by atoms with Crippen LogP contribution >= 0.6 is 0 Å². The Labute approximate surface area is 189 Å². The van der Waals surface area contributed by atoms with E-state index in [2.05, 4.69) is 15.6 Å². The first-order chi connectivity index (χ1) is 15.8. The van der Waals surface area contributed by atoms with Gasteiger partial charge in [0.05, 0.1) is 11.3 Å². The van der Waals surface area contributed by atoms with E-state index in [1.165, 1.54) is 24.3 Å². The lowest BCUT2D eigenvalue weighted by Crippen LogP contribution is -2.18. The Morgan fingerprint density at radius 3 is 2.58 bits per heavy atom. The van der Waals surface area contributed by atoms with Gasteiger partial charge in [-0.1, -0.05) is 18.2 Å². The molecule has 2 N–H and O–H groups in total. The normalized spacial score (nSPS) is 15.5. The molecule has 0 amide bonds. The molecule has 1 aliphatic carbocycles. The maximum absolute atomic E-state index is 14.1. The van der Waals surface area contributed by atoms with Crippen LogP contribution in [0.15, 0.2) is 54.1 Å². The topological polar surface area (TPSA) is 37.0 Å². The van der Waals surface area contributed by atoms with E-state index in [0.717, 1.165) is 65.7 Å². The van der Waals surface area contributed by atoms with Gasteiger partial charge in [-0.3, -0.25) is 4.98 Å². The van der Waals surface area contributed by atoms with Crippen LogP contribution in [0.5, 0.6) is 0 Å². The monoisotopic (exact) mass is 453 g/mol. The summed E-state index contributed by atoms with van der Waals surface area (Å²) in [5.41, 5.74) is 5.51. The third-order valence-corrected chi connectivity index (χ3v) is 6.29. The molecule has 1 aromatic heterocycles. The zero-order valence-electron chi connectivity index (χ0n) is 18.1. The Balaban J connectivity index is 1.65. The van der Waals surface area contributed by atoms with Gasteiger partial charge in [-0.25, -0.2) is 4.39 Å². The number of halogens is 4. The van der Waals surface area contributed by atoms with E-state index in [0.29, 0.717) is 12.1 Å². The fraction of sp³-hybridized carbons (Fsp3) is 0.269. The molecule has 0 saturated heterocycles. The number of pyridine rings is 1. The highest BCUT2D eigenvalue weighted by Gasteiger charge is 2.34. The smallest absolute Gasteiger partial charge is 0.381 e. The number of alkyl halides is 3. The molecular weight excluding hydrogens is 430 g/mol. The summed E-state index contributed by atoms with van der Waals surface area (Å²) in [6.07, 6.45) is -1.02. The van der Waals surface area contributed by atoms with Crippen LogP contribution < -0.4 is 10.6 Å². The molecule has 170 valence electrons. The molecule has 0 fully saturated rings. The van der Waals surface area contributed by atoms with Crippen molar-refractivity contribution in [2.75, 3.05) is 17.2 Å². The highest BCUT2D eigenvalue weighted by atomic mass is 19.4. The molecule has 0 atom stereocenters. The molecule has 3 aromatic rings. The van der Waals surface area contributed by atoms with Crippen LogP contribution in [0.2, 0.25) is 0 Å². The number of hydrogen-bond donors (Lipinski definition) is 2. The molecule has 33 heavy (non-hydrogen) atoms. The number of hydrogen-bond acceptors (Lipinski definition) is 3. The number of aryl methyl sites for hydroxylation is 1. The second-order valence-corrected chi connectivity index (χ2v) is 8.55. The Morgan fingerprint density at radius 1 is 0.970 bits per heavy atom. The molecule has 0 spiro atoms. The van der Waals surface area contributed by atoms with Crippen molar-refractivity contribution >= 4 is 17.1 Å². The Bertz CT molecular complexity index is 1260. The van der Waals surface area contributed by atoms with Gasteiger partial charge in [0.1, 0.15) is 5.82 Å². The number of anilines is 2. The van der Waals surface area contributed by atoms with Crippen molar-refractivity contribution < 1.29 is 17.6 Å². The van der Waals surface area contributed by atoms with Gasteiger partial charge in [0.2, 0.25) is 0 Å². The Morgan fingerprint density at radius 2 is 1.76 bits per heavy atom. The summed E-state index contributed by atoms with van der Waals surface area (Å²) in [7, 11) is 0. The lowest BCUT2D eigenvalue weighted by molar-refractivity contribution is -0.137. The predicted molar refractivity (Wildman–Crippen MR) is 122 cm³/mol. The van der Waals surface area contributed by atoms with Gasteiger partial charge in [0.25, 0.3) is 0 Å². The molecule has 2 heterocycles. The molecule has 0 unspecified atom stereocenters. The van der Waals surface area contributed by atoms with Crippen LogP contribution in [0, 0.1) is 5.82 Å². The average Bonchev–Trinajstić information content (AvgIpc) is 2.80. The van der Waals surface area contributed by atoms with Gasteiger partial charge in [0.15, 0.2) is 0 Å². The predicted octanol–water partition coefficient (Wildman–Crippen LogP) is 7.05. The molecule has 0 saturated carbocycles. The van der Waals surface area contributed by atoms with Gasteiger partial charge in [0, 0.05) is 40.4 Å². The summed E-state index contributed by atoms with van der Waals surface area (Å²) >= 11 is 0. The van der Waals surface area contributed by atoms with Crippen molar-refractivity contribution in [3.63, 3.8) is 0 Å². The fourth-order valence-electron chi connectivity index (χ4n) is 4.64. The van der Waals surface area contributed by atoms with E-state index in [-0.39, 0.29) is 17.1 Å². The number of fused-ring (bicyclic) bond motifs is 2. The van der Waals surface area contributed by atoms with E-state index in [9.17, 15) is 17.6 Å². The maximum Gasteiger partial charge on any atom is 0.417 e.